The lowest BCUT2D eigenvalue weighted by atomic mass is 9.76. The molecule has 0 radical (unpaired) electrons. The SMILES string of the molecule is CC#Cc1ccc(C2OCC([C@H]3CC[C@H](/C=C/C)CC3)CO2)cc1. The Balaban J connectivity index is 1.49. The molecule has 24 heavy (non-hydrogen) atoms. The molecule has 2 heteroatoms. The number of allylic oxidation sites excluding steroid dienone is 2. The van der Waals surface area contributed by atoms with Crippen LogP contribution in [-0.4, -0.2) is 13.2 Å². The first-order valence-corrected chi connectivity index (χ1v) is 9.19. The fraction of sp³-hybridized carbons (Fsp3) is 0.545. The van der Waals surface area contributed by atoms with Crippen molar-refractivity contribution in [2.24, 2.45) is 17.8 Å². The van der Waals surface area contributed by atoms with Crippen molar-refractivity contribution in [3.05, 3.63) is 47.5 Å². The summed E-state index contributed by atoms with van der Waals surface area (Å²) >= 11 is 0. The molecule has 2 fully saturated rings. The minimum atomic E-state index is -0.218. The summed E-state index contributed by atoms with van der Waals surface area (Å²) in [4.78, 5) is 0. The lowest BCUT2D eigenvalue weighted by molar-refractivity contribution is -0.214. The fourth-order valence-corrected chi connectivity index (χ4v) is 3.93. The van der Waals surface area contributed by atoms with E-state index in [-0.39, 0.29) is 6.29 Å². The largest absolute Gasteiger partial charge is 0.348 e. The van der Waals surface area contributed by atoms with E-state index in [9.17, 15) is 0 Å². The van der Waals surface area contributed by atoms with Gasteiger partial charge in [-0.3, -0.25) is 0 Å². The summed E-state index contributed by atoms with van der Waals surface area (Å²) in [6.07, 6.45) is 9.59. The van der Waals surface area contributed by atoms with Crippen LogP contribution in [0.5, 0.6) is 0 Å². The van der Waals surface area contributed by atoms with E-state index in [2.05, 4.69) is 43.0 Å². The van der Waals surface area contributed by atoms with E-state index in [0.717, 1.165) is 36.2 Å². The first-order valence-electron chi connectivity index (χ1n) is 9.19. The third-order valence-electron chi connectivity index (χ3n) is 5.32. The van der Waals surface area contributed by atoms with Gasteiger partial charge in [-0.1, -0.05) is 30.2 Å². The molecular weight excluding hydrogens is 296 g/mol. The van der Waals surface area contributed by atoms with Crippen molar-refractivity contribution >= 4 is 0 Å². The zero-order valence-corrected chi connectivity index (χ0v) is 14.8. The lowest BCUT2D eigenvalue weighted by Crippen LogP contribution is -2.34. The summed E-state index contributed by atoms with van der Waals surface area (Å²) in [5.41, 5.74) is 2.12. The quantitative estimate of drug-likeness (QED) is 0.569. The zero-order valence-electron chi connectivity index (χ0n) is 14.8. The Hall–Kier alpha value is -1.56. The van der Waals surface area contributed by atoms with Gasteiger partial charge in [0, 0.05) is 17.0 Å². The van der Waals surface area contributed by atoms with Gasteiger partial charge >= 0.3 is 0 Å². The van der Waals surface area contributed by atoms with Crippen molar-refractivity contribution in [2.45, 2.75) is 45.8 Å². The van der Waals surface area contributed by atoms with E-state index in [1.54, 1.807) is 0 Å². The molecule has 2 aliphatic rings. The third kappa shape index (κ3) is 4.29. The minimum Gasteiger partial charge on any atom is -0.348 e. The van der Waals surface area contributed by atoms with Crippen molar-refractivity contribution < 1.29 is 9.47 Å². The van der Waals surface area contributed by atoms with Crippen LogP contribution in [0.4, 0.5) is 0 Å². The Morgan fingerprint density at radius 1 is 0.958 bits per heavy atom. The van der Waals surface area contributed by atoms with Crippen LogP contribution in [0, 0.1) is 29.6 Å². The first-order chi connectivity index (χ1) is 11.8. The second-order valence-electron chi connectivity index (χ2n) is 6.96. The van der Waals surface area contributed by atoms with E-state index in [1.165, 1.54) is 25.7 Å². The highest BCUT2D eigenvalue weighted by Crippen LogP contribution is 2.37. The standard InChI is InChI=1S/C22H28O2/c1-3-5-17-7-11-19(12-8-17)21-15-23-22(24-16-21)20-13-9-18(6-4-2)10-14-20/h3,5,9-10,13-14,17,19,21-22H,7-8,11-12,15-16H2,1-2H3/b5-3+/t17-,19-,21?,22?. The first kappa shape index (κ1) is 17.3. The van der Waals surface area contributed by atoms with Gasteiger partial charge in [-0.15, -0.1) is 5.92 Å². The summed E-state index contributed by atoms with van der Waals surface area (Å²) in [6.45, 7) is 5.62. The number of rotatable bonds is 3. The summed E-state index contributed by atoms with van der Waals surface area (Å²) in [5, 5.41) is 0. The van der Waals surface area contributed by atoms with E-state index >= 15 is 0 Å². The predicted octanol–water partition coefficient (Wildman–Crippen LogP) is 5.10. The highest BCUT2D eigenvalue weighted by atomic mass is 16.7. The Labute approximate surface area is 146 Å². The van der Waals surface area contributed by atoms with Crippen LogP contribution in [0.2, 0.25) is 0 Å². The molecule has 0 bridgehead atoms. The summed E-state index contributed by atoms with van der Waals surface area (Å²) in [5.74, 6) is 8.08. The molecule has 1 aliphatic carbocycles. The van der Waals surface area contributed by atoms with Crippen LogP contribution in [0.25, 0.3) is 0 Å². The van der Waals surface area contributed by atoms with Crippen LogP contribution in [-0.2, 0) is 9.47 Å². The Morgan fingerprint density at radius 3 is 2.21 bits per heavy atom. The van der Waals surface area contributed by atoms with E-state index in [4.69, 9.17) is 9.47 Å². The van der Waals surface area contributed by atoms with Gasteiger partial charge in [-0.05, 0) is 63.5 Å². The predicted molar refractivity (Wildman–Crippen MR) is 97.4 cm³/mol. The van der Waals surface area contributed by atoms with Gasteiger partial charge in [0.2, 0.25) is 0 Å². The second-order valence-corrected chi connectivity index (χ2v) is 6.96. The van der Waals surface area contributed by atoms with Crippen molar-refractivity contribution in [3.8, 4) is 11.8 Å². The van der Waals surface area contributed by atoms with Crippen LogP contribution < -0.4 is 0 Å². The average molecular weight is 324 g/mol. The average Bonchev–Trinajstić information content (AvgIpc) is 2.64. The summed E-state index contributed by atoms with van der Waals surface area (Å²) in [6, 6.07) is 8.19. The van der Waals surface area contributed by atoms with Gasteiger partial charge < -0.3 is 9.47 Å². The number of hydrogen-bond acceptors (Lipinski definition) is 2. The second kappa shape index (κ2) is 8.51. The summed E-state index contributed by atoms with van der Waals surface area (Å²) in [7, 11) is 0. The molecule has 0 amide bonds. The van der Waals surface area contributed by atoms with Crippen molar-refractivity contribution in [3.63, 3.8) is 0 Å². The molecule has 1 saturated carbocycles. The topological polar surface area (TPSA) is 18.5 Å². The van der Waals surface area contributed by atoms with Crippen LogP contribution >= 0.6 is 0 Å². The minimum absolute atomic E-state index is 0.218. The molecule has 0 spiro atoms. The molecule has 0 unspecified atom stereocenters. The molecule has 0 atom stereocenters. The molecule has 1 heterocycles. The van der Waals surface area contributed by atoms with E-state index in [0.29, 0.717) is 5.92 Å². The van der Waals surface area contributed by atoms with Gasteiger partial charge in [0.15, 0.2) is 6.29 Å². The normalized spacial score (nSPS) is 30.8. The van der Waals surface area contributed by atoms with Crippen LogP contribution in [0.15, 0.2) is 36.4 Å². The summed E-state index contributed by atoms with van der Waals surface area (Å²) < 4.78 is 12.1. The van der Waals surface area contributed by atoms with E-state index < -0.39 is 0 Å². The van der Waals surface area contributed by atoms with Gasteiger partial charge in [-0.25, -0.2) is 0 Å². The Kier molecular flexibility index (Phi) is 6.12. The highest BCUT2D eigenvalue weighted by Gasteiger charge is 2.31. The molecule has 0 N–H and O–H groups in total. The van der Waals surface area contributed by atoms with Crippen molar-refractivity contribution in [1.82, 2.24) is 0 Å². The zero-order chi connectivity index (χ0) is 16.8. The van der Waals surface area contributed by atoms with Gasteiger partial charge in [-0.2, -0.15) is 0 Å². The fourth-order valence-electron chi connectivity index (χ4n) is 3.93. The maximum atomic E-state index is 6.03. The number of hydrogen-bond donors (Lipinski definition) is 0. The maximum Gasteiger partial charge on any atom is 0.183 e. The molecular formula is C22H28O2. The Bertz CT molecular complexity index is 589. The van der Waals surface area contributed by atoms with Crippen LogP contribution in [0.3, 0.4) is 0 Å². The van der Waals surface area contributed by atoms with Gasteiger partial charge in [0.1, 0.15) is 0 Å². The monoisotopic (exact) mass is 324 g/mol. The molecule has 0 aromatic heterocycles. The third-order valence-corrected chi connectivity index (χ3v) is 5.32. The molecule has 2 nitrogen and oxygen atoms in total. The lowest BCUT2D eigenvalue weighted by Gasteiger charge is -2.37. The molecule has 128 valence electrons. The molecule has 1 aromatic carbocycles. The molecule has 1 aromatic rings. The number of benzene rings is 1. The Morgan fingerprint density at radius 2 is 1.62 bits per heavy atom. The molecule has 3 rings (SSSR count). The van der Waals surface area contributed by atoms with E-state index in [1.807, 2.05) is 19.1 Å². The maximum absolute atomic E-state index is 6.03. The molecule has 1 saturated heterocycles. The smallest absolute Gasteiger partial charge is 0.183 e. The van der Waals surface area contributed by atoms with Gasteiger partial charge in [0.25, 0.3) is 0 Å². The highest BCUT2D eigenvalue weighted by molar-refractivity contribution is 5.36. The number of ether oxygens (including phenoxy) is 2. The van der Waals surface area contributed by atoms with Crippen molar-refractivity contribution in [1.29, 1.82) is 0 Å². The van der Waals surface area contributed by atoms with Gasteiger partial charge in [0.05, 0.1) is 13.2 Å². The van der Waals surface area contributed by atoms with Crippen LogP contribution in [0.1, 0.15) is 56.9 Å². The van der Waals surface area contributed by atoms with Crippen molar-refractivity contribution in [2.75, 3.05) is 13.2 Å². The molecule has 1 aliphatic heterocycles.